The van der Waals surface area contributed by atoms with Crippen molar-refractivity contribution in [3.8, 4) is 33.4 Å². The number of nitrogens with two attached hydrogens (primary N) is 6. The van der Waals surface area contributed by atoms with Crippen molar-refractivity contribution in [2.24, 2.45) is 50.0 Å². The van der Waals surface area contributed by atoms with Crippen LogP contribution in [-0.4, -0.2) is 227 Å². The standard InChI is InChI=1S/C22H25Cl2N5O.C21H24Cl2N6O.C21H26ClN7OS.C20H24ClN7OS.C19H20Cl2N4/c1-13-17(15-4-3-5-16(23)18(15)24)20-26-8-11-29(20)21(27-13)28-9-6-22(7-10-28)12-30-14(2)19(22)25;1-12-16(14-4-3-5-15(22)17(14)23)19-27-25-11-29(19)20(26-12)28-8-6-21(7-9-28)10-30-13(2)18(21)24;1-12-16(31-14-3-6-25-18(24)15(14)22)19-26-7-10-29(19)20(27-12)28-8-4-21(5-9-28)11-30-13(2)17(21)23;1-12-16(22)20(11-29-12)3-7-27(8-4-20)14-10-26-19(18-25-6-9-28(14)18)30-13-2-5-24-17(23)15(13)21;1-19(2)6-9-24(10-7-19)18-23-12-14(17-22-8-11-25(17)18)13-4-3-5-15(20)16(13)21/h3-5,8,11,14,19H,6-7,9-10,12,25H2,1-2H3;3-5,11,13,18H,6-10,24H2,1-2H3;3,6-7,10,13,17H,4-5,8-9,11,23H2,1-2H3,(H2,24,25);2,5-6,9-10,12,16H,3-4,7-8,11,22H2,1H3,(H2,23,24);3-5,8,11-12H,6-7,9-10H2,1-2H3/t14-,19+;13-,18+;13-,17+;12-,16+;/m0000./s1. The number of hydrogen-bond acceptors (Lipinski definition) is 30. The van der Waals surface area contributed by atoms with Crippen molar-refractivity contribution in [3.63, 3.8) is 0 Å². The smallest absolute Gasteiger partial charge is 0.212 e. The highest BCUT2D eigenvalue weighted by Gasteiger charge is 2.52. The molecule has 0 unspecified atom stereocenters. The van der Waals surface area contributed by atoms with E-state index in [0.717, 1.165) is 284 Å². The van der Waals surface area contributed by atoms with Crippen LogP contribution in [0.5, 0.6) is 0 Å². The topological polar surface area (TPSA) is 399 Å². The van der Waals surface area contributed by atoms with E-state index in [9.17, 15) is 0 Å². The Bertz CT molecular complexity index is 7160. The fourth-order valence-electron chi connectivity index (χ4n) is 22.2. The number of piperidine rings is 5. The zero-order chi connectivity index (χ0) is 102. The summed E-state index contributed by atoms with van der Waals surface area (Å²) in [7, 11) is 0. The number of benzene rings is 3. The maximum Gasteiger partial charge on any atom is 0.212 e. The molecule has 9 saturated heterocycles. The molecule has 3 aromatic carbocycles. The molecular formula is C103H119Cl8N29O4S2. The maximum atomic E-state index is 6.52. The summed E-state index contributed by atoms with van der Waals surface area (Å²) in [5, 5.41) is 13.3. The molecule has 24 rings (SSSR count). The average Bonchev–Trinajstić information content (AvgIpc) is 1.56. The first kappa shape index (κ1) is 103. The van der Waals surface area contributed by atoms with Gasteiger partial charge in [-0.3, -0.25) is 22.0 Å². The monoisotopic (exact) mass is 2170 g/mol. The lowest BCUT2D eigenvalue weighted by molar-refractivity contribution is 0.0972. The molecule has 0 saturated carbocycles. The minimum atomic E-state index is 0.0610. The van der Waals surface area contributed by atoms with Crippen molar-refractivity contribution in [1.29, 1.82) is 0 Å². The molecule has 12 aromatic heterocycles. The number of rotatable bonds is 12. The molecule has 0 bridgehead atoms. The van der Waals surface area contributed by atoms with Gasteiger partial charge in [0.05, 0.1) is 119 Å². The molecule has 146 heavy (non-hydrogen) atoms. The van der Waals surface area contributed by atoms with Crippen LogP contribution in [0.25, 0.3) is 61.6 Å². The normalized spacial score (nSPS) is 22.4. The van der Waals surface area contributed by atoms with Gasteiger partial charge in [0.1, 0.15) is 40.1 Å². The average molecular weight is 2180 g/mol. The van der Waals surface area contributed by atoms with Crippen molar-refractivity contribution in [3.05, 3.63) is 205 Å². The van der Waals surface area contributed by atoms with Gasteiger partial charge in [0.15, 0.2) is 16.9 Å². The van der Waals surface area contributed by atoms with E-state index in [1.54, 1.807) is 61.7 Å². The van der Waals surface area contributed by atoms with E-state index >= 15 is 0 Å². The predicted octanol–water partition coefficient (Wildman–Crippen LogP) is 19.4. The number of pyridine rings is 2. The molecule has 12 N–H and O–H groups in total. The van der Waals surface area contributed by atoms with Gasteiger partial charge in [-0.15, -0.1) is 10.2 Å². The molecule has 4 spiro atoms. The SMILES string of the molecule is CC1(C)CCN(c2ncc(-c3cccc(Cl)c3Cl)c3nccn23)CC1.C[C@@H]1OCC2(CCN(c3cnc(Sc4ccnc(N)c4Cl)c4nccn34)CC2)[C@@H]1N.Cc1nc(N2CCC3(CC2)CO[C@@H](C)[C@H]3N)n2ccnc2c1-c1cccc(Cl)c1Cl.Cc1nc(N2CCC3(CC2)CO[C@@H](C)[C@H]3N)n2ccnc2c1Sc1ccnc(N)c1Cl.Cc1nc(N2CCC3(CC2)CO[C@@H](C)[C@H]3N)n2cnnc2c1-c1cccc(Cl)c1Cl. The minimum absolute atomic E-state index is 0.0610. The summed E-state index contributed by atoms with van der Waals surface area (Å²) in [5.74, 6) is 5.24. The van der Waals surface area contributed by atoms with Gasteiger partial charge in [-0.05, 0) is 148 Å². The first-order chi connectivity index (χ1) is 70.2. The third-order valence-electron chi connectivity index (χ3n) is 31.6. The highest BCUT2D eigenvalue weighted by atomic mass is 35.5. The fourth-order valence-corrected chi connectivity index (χ4v) is 25.7. The van der Waals surface area contributed by atoms with Crippen LogP contribution in [-0.2, 0) is 18.9 Å². The van der Waals surface area contributed by atoms with Crippen molar-refractivity contribution < 1.29 is 18.9 Å². The molecule has 9 fully saturated rings. The number of nitrogen functional groups attached to an aromatic ring is 2. The third kappa shape index (κ3) is 19.7. The molecule has 33 nitrogen and oxygen atoms in total. The van der Waals surface area contributed by atoms with E-state index in [0.29, 0.717) is 57.2 Å². The lowest BCUT2D eigenvalue weighted by Crippen LogP contribution is -2.51. The van der Waals surface area contributed by atoms with E-state index in [-0.39, 0.29) is 70.2 Å². The minimum Gasteiger partial charge on any atom is -0.382 e. The number of nitrogens with zero attached hydrogens (tertiary/aromatic N) is 23. The van der Waals surface area contributed by atoms with Gasteiger partial charge < -0.3 is 77.8 Å². The Balaban J connectivity index is 0.000000111. The summed E-state index contributed by atoms with van der Waals surface area (Å²) in [6.07, 6.45) is 34.6. The summed E-state index contributed by atoms with van der Waals surface area (Å²) in [6, 6.07) is 20.9. The largest absolute Gasteiger partial charge is 0.382 e. The second-order valence-corrected chi connectivity index (χ2v) is 45.9. The first-order valence-electron chi connectivity index (χ1n) is 49.4. The molecule has 15 aromatic rings. The maximum absolute atomic E-state index is 6.52. The summed E-state index contributed by atoms with van der Waals surface area (Å²) in [5.41, 5.74) is 50.1. The van der Waals surface area contributed by atoms with E-state index in [1.807, 2.05) is 120 Å². The predicted molar refractivity (Wildman–Crippen MR) is 583 cm³/mol. The van der Waals surface area contributed by atoms with Crippen LogP contribution >= 0.6 is 116 Å². The van der Waals surface area contributed by atoms with Crippen LogP contribution < -0.4 is 58.9 Å². The molecule has 9 aliphatic rings. The zero-order valence-electron chi connectivity index (χ0n) is 82.7. The van der Waals surface area contributed by atoms with Gasteiger partial charge >= 0.3 is 0 Å². The van der Waals surface area contributed by atoms with E-state index in [4.69, 9.17) is 171 Å². The summed E-state index contributed by atoms with van der Waals surface area (Å²) in [4.78, 5) is 65.0. The Morgan fingerprint density at radius 1 is 0.349 bits per heavy atom. The van der Waals surface area contributed by atoms with Gasteiger partial charge in [-0.2, -0.15) is 0 Å². The van der Waals surface area contributed by atoms with Crippen LogP contribution in [0.4, 0.5) is 41.2 Å². The lowest BCUT2D eigenvalue weighted by atomic mass is 9.73. The highest BCUT2D eigenvalue weighted by molar-refractivity contribution is 8.00. The molecule has 0 radical (unpaired) electrons. The number of hydrogen-bond donors (Lipinski definition) is 6. The molecule has 43 heteroatoms. The van der Waals surface area contributed by atoms with Crippen molar-refractivity contribution >= 4 is 186 Å². The number of ether oxygens (including phenoxy) is 4. The Hall–Kier alpha value is -9.71. The molecule has 8 atom stereocenters. The van der Waals surface area contributed by atoms with Gasteiger partial charge in [-0.1, -0.05) is 167 Å². The van der Waals surface area contributed by atoms with Crippen molar-refractivity contribution in [2.45, 2.75) is 195 Å². The zero-order valence-corrected chi connectivity index (χ0v) is 90.3. The van der Waals surface area contributed by atoms with Crippen LogP contribution in [0.2, 0.25) is 40.2 Å². The van der Waals surface area contributed by atoms with Crippen molar-refractivity contribution in [1.82, 2.24) is 87.0 Å². The Morgan fingerprint density at radius 2 is 0.719 bits per heavy atom. The van der Waals surface area contributed by atoms with Gasteiger partial charge in [-0.25, -0.2) is 54.8 Å². The summed E-state index contributed by atoms with van der Waals surface area (Å²) in [6.45, 7) is 31.0. The van der Waals surface area contributed by atoms with E-state index in [2.05, 4.69) is 115 Å². The number of fused-ring (bicyclic) bond motifs is 5. The molecule has 768 valence electrons. The number of aromatic nitrogens is 18. The van der Waals surface area contributed by atoms with Crippen LogP contribution in [0, 0.1) is 47.8 Å². The second kappa shape index (κ2) is 42.3. The quantitative estimate of drug-likeness (QED) is 0.0661. The van der Waals surface area contributed by atoms with Gasteiger partial charge in [0, 0.05) is 223 Å². The second-order valence-electron chi connectivity index (χ2n) is 40.7. The molecule has 21 heterocycles. The van der Waals surface area contributed by atoms with Crippen LogP contribution in [0.3, 0.4) is 0 Å². The molecular weight excluding hydrogens is 2060 g/mol. The molecule has 0 aliphatic carbocycles. The highest BCUT2D eigenvalue weighted by Crippen LogP contribution is 2.51. The Labute approximate surface area is 895 Å². The van der Waals surface area contributed by atoms with E-state index < -0.39 is 0 Å². The summed E-state index contributed by atoms with van der Waals surface area (Å²) < 4.78 is 33.6. The van der Waals surface area contributed by atoms with E-state index in [1.165, 1.54) is 23.5 Å². The van der Waals surface area contributed by atoms with Crippen molar-refractivity contribution in [2.75, 3.05) is 128 Å². The van der Waals surface area contributed by atoms with Crippen LogP contribution in [0.1, 0.15) is 123 Å². The molecule has 9 aliphatic heterocycles. The van der Waals surface area contributed by atoms with Gasteiger partial charge in [0.2, 0.25) is 23.8 Å². The lowest BCUT2D eigenvalue weighted by Gasteiger charge is -2.42. The first-order valence-corrected chi connectivity index (χ1v) is 54.1. The Kier molecular flexibility index (Phi) is 29.9. The summed E-state index contributed by atoms with van der Waals surface area (Å²) >= 11 is 53.8. The number of imidazole rings is 4. The third-order valence-corrected chi connectivity index (χ3v) is 37.4. The number of aryl methyl sites for hydroxylation is 3. The fraction of sp³-hybridized carbons (Fsp3) is 0.447. The van der Waals surface area contributed by atoms with Crippen LogP contribution in [0.15, 0.2) is 167 Å². The number of halogens is 8. The Morgan fingerprint density at radius 3 is 1.18 bits per heavy atom. The number of anilines is 7. The molecule has 0 amide bonds. The van der Waals surface area contributed by atoms with Gasteiger partial charge in [0.25, 0.3) is 0 Å².